The molecule has 0 saturated carbocycles. The van der Waals surface area contributed by atoms with Gasteiger partial charge in [-0.05, 0) is 12.8 Å². The highest BCUT2D eigenvalue weighted by Gasteiger charge is 2.17. The van der Waals surface area contributed by atoms with Gasteiger partial charge in [-0.2, -0.15) is 0 Å². The second-order valence-corrected chi connectivity index (χ2v) is 4.13. The summed E-state index contributed by atoms with van der Waals surface area (Å²) in [4.78, 5) is 20.4. The minimum atomic E-state index is -0.517. The fourth-order valence-electron chi connectivity index (χ4n) is 0.906. The summed E-state index contributed by atoms with van der Waals surface area (Å²) in [6.07, 6.45) is 4.53. The maximum atomic E-state index is 10.3. The zero-order chi connectivity index (χ0) is 11.8. The lowest BCUT2D eigenvalue weighted by Crippen LogP contribution is -2.21. The second-order valence-electron chi connectivity index (χ2n) is 3.10. The molecule has 3 nitrogen and oxygen atoms in total. The Bertz CT molecular complexity index is 264. The van der Waals surface area contributed by atoms with Gasteiger partial charge >= 0.3 is 0 Å². The average molecular weight is 252 g/mol. The highest BCUT2D eigenvalue weighted by atomic mass is 35.5. The third kappa shape index (κ3) is 6.52. The van der Waals surface area contributed by atoms with E-state index in [4.69, 9.17) is 23.2 Å². The van der Waals surface area contributed by atoms with Crippen molar-refractivity contribution in [3.63, 3.8) is 0 Å². The number of imide groups is 1. The molecule has 15 heavy (non-hydrogen) atoms. The van der Waals surface area contributed by atoms with Gasteiger partial charge in [0.15, 0.2) is 0 Å². The summed E-state index contributed by atoms with van der Waals surface area (Å²) in [6, 6.07) is 0. The van der Waals surface area contributed by atoms with E-state index in [0.29, 0.717) is 5.38 Å². The van der Waals surface area contributed by atoms with E-state index in [1.165, 1.54) is 6.42 Å². The first-order chi connectivity index (χ1) is 7.01. The molecule has 1 unspecified atom stereocenters. The van der Waals surface area contributed by atoms with Gasteiger partial charge in [-0.15, -0.1) is 11.6 Å². The molecule has 1 aliphatic heterocycles. The first kappa shape index (κ1) is 14.5. The van der Waals surface area contributed by atoms with Crippen LogP contribution in [0.1, 0.15) is 33.1 Å². The molecule has 86 valence electrons. The number of alkyl halides is 1. The standard InChI is InChI=1S/C6H13Cl.C4H2ClNO2/c1-3-5-6(7)4-2;5-2-1-3(7)6-4(2)8/h6H,3-5H2,1-2H3;1H,(H,6,7,8). The fourth-order valence-corrected chi connectivity index (χ4v) is 1.27. The maximum Gasteiger partial charge on any atom is 0.269 e. The van der Waals surface area contributed by atoms with Crippen LogP contribution in [0, 0.1) is 0 Å². The average Bonchev–Trinajstić information content (AvgIpc) is 2.45. The van der Waals surface area contributed by atoms with Crippen LogP contribution < -0.4 is 5.32 Å². The van der Waals surface area contributed by atoms with E-state index in [1.54, 1.807) is 0 Å². The fraction of sp³-hybridized carbons (Fsp3) is 0.600. The number of nitrogens with one attached hydrogen (secondary N) is 1. The molecule has 0 spiro atoms. The quantitative estimate of drug-likeness (QED) is 0.619. The van der Waals surface area contributed by atoms with Gasteiger partial charge in [0.25, 0.3) is 11.8 Å². The molecule has 0 saturated heterocycles. The van der Waals surface area contributed by atoms with Crippen molar-refractivity contribution in [1.29, 1.82) is 0 Å². The number of hydrogen-bond donors (Lipinski definition) is 1. The van der Waals surface area contributed by atoms with Gasteiger partial charge in [0.2, 0.25) is 0 Å². The Balaban J connectivity index is 0.000000265. The van der Waals surface area contributed by atoms with Crippen LogP contribution in [-0.2, 0) is 9.59 Å². The van der Waals surface area contributed by atoms with Crippen LogP contribution in [0.25, 0.3) is 0 Å². The number of rotatable bonds is 3. The van der Waals surface area contributed by atoms with Gasteiger partial charge in [-0.25, -0.2) is 0 Å². The topological polar surface area (TPSA) is 46.2 Å². The summed E-state index contributed by atoms with van der Waals surface area (Å²) < 4.78 is 0. The molecule has 1 N–H and O–H groups in total. The van der Waals surface area contributed by atoms with Crippen LogP contribution in [0.2, 0.25) is 0 Å². The zero-order valence-corrected chi connectivity index (χ0v) is 10.4. The van der Waals surface area contributed by atoms with Gasteiger partial charge < -0.3 is 0 Å². The SMILES string of the molecule is CCCC(Cl)CC.O=C1C=C(Cl)C(=O)N1. The van der Waals surface area contributed by atoms with Crippen molar-refractivity contribution in [1.82, 2.24) is 5.32 Å². The molecule has 0 bridgehead atoms. The zero-order valence-electron chi connectivity index (χ0n) is 8.85. The van der Waals surface area contributed by atoms with Crippen LogP contribution in [0.5, 0.6) is 0 Å². The molecule has 0 aromatic heterocycles. The summed E-state index contributed by atoms with van der Waals surface area (Å²) in [7, 11) is 0. The normalized spacial score (nSPS) is 16.4. The Morgan fingerprint density at radius 3 is 2.13 bits per heavy atom. The summed E-state index contributed by atoms with van der Waals surface area (Å²) in [5.41, 5.74) is 0. The molecule has 0 aromatic carbocycles. The predicted octanol–water partition coefficient (Wildman–Crippen LogP) is 2.57. The van der Waals surface area contributed by atoms with Crippen molar-refractivity contribution >= 4 is 35.0 Å². The van der Waals surface area contributed by atoms with E-state index >= 15 is 0 Å². The van der Waals surface area contributed by atoms with Gasteiger partial charge in [0, 0.05) is 11.5 Å². The summed E-state index contributed by atoms with van der Waals surface area (Å²) in [5, 5.41) is 2.34. The minimum absolute atomic E-state index is 0.0463. The molecule has 2 amide bonds. The molecule has 0 fully saturated rings. The van der Waals surface area contributed by atoms with Crippen molar-refractivity contribution in [2.45, 2.75) is 38.5 Å². The van der Waals surface area contributed by atoms with Crippen LogP contribution in [0.4, 0.5) is 0 Å². The lowest BCUT2D eigenvalue weighted by atomic mass is 10.2. The molecule has 0 aliphatic carbocycles. The van der Waals surface area contributed by atoms with Crippen LogP contribution in [0.3, 0.4) is 0 Å². The summed E-state index contributed by atoms with van der Waals surface area (Å²) in [5.74, 6) is -0.961. The monoisotopic (exact) mass is 251 g/mol. The van der Waals surface area contributed by atoms with E-state index < -0.39 is 11.8 Å². The number of carbonyl (C=O) groups excluding carboxylic acids is 2. The number of carbonyl (C=O) groups is 2. The van der Waals surface area contributed by atoms with Crippen LogP contribution in [-0.4, -0.2) is 17.2 Å². The second kappa shape index (κ2) is 7.71. The van der Waals surface area contributed by atoms with Crippen molar-refractivity contribution in [3.8, 4) is 0 Å². The van der Waals surface area contributed by atoms with E-state index in [9.17, 15) is 9.59 Å². The Morgan fingerprint density at radius 1 is 1.40 bits per heavy atom. The minimum Gasteiger partial charge on any atom is -0.288 e. The number of hydrogen-bond acceptors (Lipinski definition) is 2. The van der Waals surface area contributed by atoms with E-state index in [-0.39, 0.29) is 5.03 Å². The Kier molecular flexibility index (Phi) is 7.44. The Hall–Kier alpha value is -0.540. The van der Waals surface area contributed by atoms with Crippen molar-refractivity contribution < 1.29 is 9.59 Å². The first-order valence-corrected chi connectivity index (χ1v) is 5.69. The van der Waals surface area contributed by atoms with Gasteiger partial charge in [0.05, 0.1) is 0 Å². The predicted molar refractivity (Wildman–Crippen MR) is 61.9 cm³/mol. The third-order valence-corrected chi connectivity index (χ3v) is 2.56. The van der Waals surface area contributed by atoms with E-state index in [2.05, 4.69) is 13.8 Å². The molecule has 1 heterocycles. The Labute approximate surface area is 99.8 Å². The highest BCUT2D eigenvalue weighted by molar-refractivity contribution is 6.46. The third-order valence-electron chi connectivity index (χ3n) is 1.76. The van der Waals surface area contributed by atoms with Crippen molar-refractivity contribution in [3.05, 3.63) is 11.1 Å². The molecule has 0 radical (unpaired) electrons. The molecular weight excluding hydrogens is 237 g/mol. The number of halogens is 2. The first-order valence-electron chi connectivity index (χ1n) is 4.87. The van der Waals surface area contributed by atoms with Gasteiger partial charge in [-0.1, -0.05) is 31.9 Å². The summed E-state index contributed by atoms with van der Waals surface area (Å²) >= 11 is 11.0. The van der Waals surface area contributed by atoms with Gasteiger partial charge in [0.1, 0.15) is 5.03 Å². The smallest absolute Gasteiger partial charge is 0.269 e. The highest BCUT2D eigenvalue weighted by Crippen LogP contribution is 2.07. The van der Waals surface area contributed by atoms with Crippen molar-refractivity contribution in [2.24, 2.45) is 0 Å². The Morgan fingerprint density at radius 2 is 2.00 bits per heavy atom. The van der Waals surface area contributed by atoms with E-state index in [0.717, 1.165) is 18.9 Å². The molecular formula is C10H15Cl2NO2. The lowest BCUT2D eigenvalue weighted by Gasteiger charge is -1.99. The molecule has 1 atom stereocenters. The van der Waals surface area contributed by atoms with Crippen LogP contribution in [0.15, 0.2) is 11.1 Å². The summed E-state index contributed by atoms with van der Waals surface area (Å²) in [6.45, 7) is 4.28. The molecule has 5 heteroatoms. The largest absolute Gasteiger partial charge is 0.288 e. The maximum absolute atomic E-state index is 10.3. The molecule has 1 aliphatic rings. The lowest BCUT2D eigenvalue weighted by molar-refractivity contribution is -0.123. The van der Waals surface area contributed by atoms with Gasteiger partial charge in [-0.3, -0.25) is 14.9 Å². The molecule has 0 aromatic rings. The van der Waals surface area contributed by atoms with E-state index in [1.807, 2.05) is 5.32 Å². The van der Waals surface area contributed by atoms with Crippen LogP contribution >= 0.6 is 23.2 Å². The molecule has 1 rings (SSSR count). The van der Waals surface area contributed by atoms with Crippen molar-refractivity contribution in [2.75, 3.05) is 0 Å². The number of amides is 2.